The van der Waals surface area contributed by atoms with Crippen molar-refractivity contribution in [2.24, 2.45) is 0 Å². The van der Waals surface area contributed by atoms with Crippen molar-refractivity contribution in [3.8, 4) is 0 Å². The van der Waals surface area contributed by atoms with Gasteiger partial charge in [-0.25, -0.2) is 0 Å². The van der Waals surface area contributed by atoms with Crippen LogP contribution in [0.15, 0.2) is 0 Å². The molecule has 0 aromatic heterocycles. The van der Waals surface area contributed by atoms with E-state index in [1.54, 1.807) is 0 Å². The Hall–Kier alpha value is -0.570. The summed E-state index contributed by atoms with van der Waals surface area (Å²) in [4.78, 5) is 13.8. The van der Waals surface area contributed by atoms with Crippen LogP contribution in [0, 0.1) is 0 Å². The van der Waals surface area contributed by atoms with Crippen LogP contribution in [-0.4, -0.2) is 36.5 Å². The average Bonchev–Trinajstić information content (AvgIpc) is 2.79. The van der Waals surface area contributed by atoms with Crippen molar-refractivity contribution in [1.82, 2.24) is 10.2 Å². The summed E-state index contributed by atoms with van der Waals surface area (Å²) in [5, 5.41) is 3.04. The lowest BCUT2D eigenvalue weighted by molar-refractivity contribution is -0.122. The first-order valence-corrected chi connectivity index (χ1v) is 5.25. The molecule has 1 saturated heterocycles. The highest BCUT2D eigenvalue weighted by Gasteiger charge is 2.27. The van der Waals surface area contributed by atoms with Crippen LogP contribution >= 0.6 is 0 Å². The van der Waals surface area contributed by atoms with E-state index in [1.807, 2.05) is 0 Å². The number of carbonyl (C=O) groups excluding carboxylic acids is 1. The van der Waals surface area contributed by atoms with Crippen LogP contribution in [0.25, 0.3) is 0 Å². The number of nitrogens with zero attached hydrogens (tertiary/aromatic N) is 1. The maximum atomic E-state index is 11.5. The molecule has 1 heterocycles. The minimum absolute atomic E-state index is 0.251. The summed E-state index contributed by atoms with van der Waals surface area (Å²) in [5.74, 6) is 0.251. The highest BCUT2D eigenvalue weighted by Crippen LogP contribution is 2.21. The zero-order valence-electron chi connectivity index (χ0n) is 8.25. The maximum Gasteiger partial charge on any atom is 0.221 e. The molecule has 3 heteroatoms. The SMILES string of the molecule is CN1CCCC1CC(=O)NC1CC1. The first kappa shape index (κ1) is 9.00. The Kier molecular flexibility index (Phi) is 2.54. The second kappa shape index (κ2) is 3.66. The Bertz CT molecular complexity index is 201. The molecule has 0 radical (unpaired) electrons. The van der Waals surface area contributed by atoms with Gasteiger partial charge in [-0.05, 0) is 39.3 Å². The average molecular weight is 182 g/mol. The van der Waals surface area contributed by atoms with Crippen molar-refractivity contribution in [3.05, 3.63) is 0 Å². The third kappa shape index (κ3) is 2.44. The van der Waals surface area contributed by atoms with Crippen LogP contribution in [0.5, 0.6) is 0 Å². The van der Waals surface area contributed by atoms with Crippen LogP contribution in [0.3, 0.4) is 0 Å². The molecule has 74 valence electrons. The highest BCUT2D eigenvalue weighted by molar-refractivity contribution is 5.77. The van der Waals surface area contributed by atoms with Crippen molar-refractivity contribution < 1.29 is 4.79 Å². The second-order valence-corrected chi connectivity index (χ2v) is 4.32. The van der Waals surface area contributed by atoms with Crippen molar-refractivity contribution in [1.29, 1.82) is 0 Å². The number of rotatable bonds is 3. The Morgan fingerprint density at radius 2 is 2.23 bits per heavy atom. The fourth-order valence-electron chi connectivity index (χ4n) is 1.97. The summed E-state index contributed by atoms with van der Waals surface area (Å²) < 4.78 is 0. The molecule has 0 aromatic rings. The molecule has 13 heavy (non-hydrogen) atoms. The lowest BCUT2D eigenvalue weighted by atomic mass is 10.1. The molecule has 2 aliphatic rings. The number of likely N-dealkylation sites (tertiary alicyclic amines) is 1. The minimum Gasteiger partial charge on any atom is -0.353 e. The Balaban J connectivity index is 1.72. The molecule has 2 fully saturated rings. The van der Waals surface area contributed by atoms with Crippen molar-refractivity contribution in [2.45, 2.75) is 44.2 Å². The summed E-state index contributed by atoms with van der Waals surface area (Å²) in [6, 6.07) is 1.01. The van der Waals surface area contributed by atoms with Gasteiger partial charge in [-0.1, -0.05) is 0 Å². The smallest absolute Gasteiger partial charge is 0.221 e. The van der Waals surface area contributed by atoms with Gasteiger partial charge in [0.05, 0.1) is 0 Å². The van der Waals surface area contributed by atoms with E-state index in [0.717, 1.165) is 6.54 Å². The van der Waals surface area contributed by atoms with E-state index in [1.165, 1.54) is 25.7 Å². The molecule has 0 aromatic carbocycles. The van der Waals surface area contributed by atoms with Gasteiger partial charge in [0.1, 0.15) is 0 Å². The third-order valence-electron chi connectivity index (χ3n) is 3.03. The Morgan fingerprint density at radius 3 is 2.77 bits per heavy atom. The normalized spacial score (nSPS) is 29.2. The molecular formula is C10H18N2O. The van der Waals surface area contributed by atoms with E-state index in [0.29, 0.717) is 18.5 Å². The van der Waals surface area contributed by atoms with Crippen molar-refractivity contribution in [2.75, 3.05) is 13.6 Å². The van der Waals surface area contributed by atoms with Crippen LogP contribution < -0.4 is 5.32 Å². The molecule has 1 atom stereocenters. The number of carbonyl (C=O) groups is 1. The predicted octanol–water partition coefficient (Wildman–Crippen LogP) is 0.749. The molecule has 0 bridgehead atoms. The van der Waals surface area contributed by atoms with Gasteiger partial charge < -0.3 is 10.2 Å². The first-order chi connectivity index (χ1) is 6.25. The van der Waals surface area contributed by atoms with E-state index >= 15 is 0 Å². The van der Waals surface area contributed by atoms with Gasteiger partial charge in [0.25, 0.3) is 0 Å². The first-order valence-electron chi connectivity index (χ1n) is 5.25. The summed E-state index contributed by atoms with van der Waals surface area (Å²) in [7, 11) is 2.11. The number of hydrogen-bond donors (Lipinski definition) is 1. The summed E-state index contributed by atoms with van der Waals surface area (Å²) in [6.45, 7) is 1.15. The number of amides is 1. The van der Waals surface area contributed by atoms with Gasteiger partial charge in [0, 0.05) is 18.5 Å². The minimum atomic E-state index is 0.251. The highest BCUT2D eigenvalue weighted by atomic mass is 16.1. The monoisotopic (exact) mass is 182 g/mol. The topological polar surface area (TPSA) is 32.3 Å². The summed E-state index contributed by atoms with van der Waals surface area (Å²) in [6.07, 6.45) is 5.51. The molecule has 1 N–H and O–H groups in total. The van der Waals surface area contributed by atoms with Crippen LogP contribution in [0.2, 0.25) is 0 Å². The van der Waals surface area contributed by atoms with Crippen LogP contribution in [-0.2, 0) is 4.79 Å². The lowest BCUT2D eigenvalue weighted by Crippen LogP contribution is -2.33. The van der Waals surface area contributed by atoms with Gasteiger partial charge in [0.15, 0.2) is 0 Å². The van der Waals surface area contributed by atoms with Gasteiger partial charge in [0.2, 0.25) is 5.91 Å². The summed E-state index contributed by atoms with van der Waals surface area (Å²) >= 11 is 0. The van der Waals surface area contributed by atoms with E-state index in [2.05, 4.69) is 17.3 Å². The Morgan fingerprint density at radius 1 is 1.46 bits per heavy atom. The Labute approximate surface area is 79.5 Å². The van der Waals surface area contributed by atoms with Crippen molar-refractivity contribution in [3.63, 3.8) is 0 Å². The third-order valence-corrected chi connectivity index (χ3v) is 3.03. The number of hydrogen-bond acceptors (Lipinski definition) is 2. The van der Waals surface area contributed by atoms with Gasteiger partial charge in [-0.2, -0.15) is 0 Å². The van der Waals surface area contributed by atoms with Gasteiger partial charge in [-0.3, -0.25) is 4.79 Å². The van der Waals surface area contributed by atoms with Crippen LogP contribution in [0.1, 0.15) is 32.1 Å². The quantitative estimate of drug-likeness (QED) is 0.698. The lowest BCUT2D eigenvalue weighted by Gasteiger charge is -2.18. The predicted molar refractivity (Wildman–Crippen MR) is 51.4 cm³/mol. The van der Waals surface area contributed by atoms with Gasteiger partial charge in [-0.15, -0.1) is 0 Å². The van der Waals surface area contributed by atoms with Gasteiger partial charge >= 0.3 is 0 Å². The van der Waals surface area contributed by atoms with Crippen molar-refractivity contribution >= 4 is 5.91 Å². The van der Waals surface area contributed by atoms with Crippen LogP contribution in [0.4, 0.5) is 0 Å². The fraction of sp³-hybridized carbons (Fsp3) is 0.900. The van der Waals surface area contributed by atoms with E-state index in [4.69, 9.17) is 0 Å². The zero-order valence-corrected chi connectivity index (χ0v) is 8.25. The fourth-order valence-corrected chi connectivity index (χ4v) is 1.97. The number of nitrogens with one attached hydrogen (secondary N) is 1. The molecule has 1 saturated carbocycles. The van der Waals surface area contributed by atoms with E-state index < -0.39 is 0 Å². The van der Waals surface area contributed by atoms with E-state index in [9.17, 15) is 4.79 Å². The molecule has 1 aliphatic heterocycles. The molecule has 3 nitrogen and oxygen atoms in total. The largest absolute Gasteiger partial charge is 0.353 e. The summed E-state index contributed by atoms with van der Waals surface area (Å²) in [5.41, 5.74) is 0. The maximum absolute atomic E-state index is 11.5. The second-order valence-electron chi connectivity index (χ2n) is 4.32. The molecule has 1 amide bonds. The molecule has 2 rings (SSSR count). The standard InChI is InChI=1S/C10H18N2O/c1-12-6-2-3-9(12)7-10(13)11-8-4-5-8/h8-9H,2-7H2,1H3,(H,11,13). The molecule has 1 aliphatic carbocycles. The zero-order chi connectivity index (χ0) is 9.26. The molecular weight excluding hydrogens is 164 g/mol. The molecule has 0 spiro atoms. The molecule has 1 unspecified atom stereocenters. The van der Waals surface area contributed by atoms with E-state index in [-0.39, 0.29) is 5.91 Å².